The minimum absolute atomic E-state index is 0.129. The van der Waals surface area contributed by atoms with Crippen molar-refractivity contribution in [1.29, 1.82) is 0 Å². The van der Waals surface area contributed by atoms with Gasteiger partial charge in [-0.25, -0.2) is 12.8 Å². The summed E-state index contributed by atoms with van der Waals surface area (Å²) in [6.45, 7) is 0.0701. The molecular weight excluding hydrogens is 331 g/mol. The first-order valence-corrected chi connectivity index (χ1v) is 9.19. The summed E-state index contributed by atoms with van der Waals surface area (Å²) in [7, 11) is -3.52. The minimum atomic E-state index is -3.52. The first-order valence-electron chi connectivity index (χ1n) is 7.35. The predicted molar refractivity (Wildman–Crippen MR) is 89.9 cm³/mol. The second-order valence-electron chi connectivity index (χ2n) is 5.42. The van der Waals surface area contributed by atoms with Crippen LogP contribution in [-0.2, 0) is 27.9 Å². The summed E-state index contributed by atoms with van der Waals surface area (Å²) in [6.07, 6.45) is 1.07. The maximum atomic E-state index is 12.8. The Hall–Kier alpha value is -2.25. The molecule has 1 N–H and O–H groups in total. The normalized spacial score (nSPS) is 11.5. The molecule has 0 aromatic heterocycles. The van der Waals surface area contributed by atoms with E-state index in [1.165, 1.54) is 12.1 Å². The average Bonchev–Trinajstić information content (AvgIpc) is 2.54. The van der Waals surface area contributed by atoms with Crippen molar-refractivity contribution < 1.29 is 17.6 Å². The Bertz CT molecular complexity index is 777. The van der Waals surface area contributed by atoms with Gasteiger partial charge < -0.3 is 5.32 Å². The van der Waals surface area contributed by atoms with Gasteiger partial charge in [0.15, 0.2) is 0 Å². The lowest BCUT2D eigenvalue weighted by Gasteiger charge is -2.19. The molecule has 0 bridgehead atoms. The second-order valence-corrected chi connectivity index (χ2v) is 7.40. The highest BCUT2D eigenvalue weighted by Gasteiger charge is 2.20. The summed E-state index contributed by atoms with van der Waals surface area (Å²) in [6, 6.07) is 14.8. The molecule has 2 aromatic rings. The number of carbonyl (C=O) groups excluding carboxylic acids is 1. The van der Waals surface area contributed by atoms with Crippen LogP contribution in [0, 0.1) is 5.82 Å². The van der Waals surface area contributed by atoms with E-state index in [2.05, 4.69) is 5.32 Å². The van der Waals surface area contributed by atoms with Crippen molar-refractivity contribution in [3.8, 4) is 0 Å². The van der Waals surface area contributed by atoms with E-state index in [-0.39, 0.29) is 25.5 Å². The number of hydrogen-bond donors (Lipinski definition) is 1. The Kier molecular flexibility index (Phi) is 6.05. The minimum Gasteiger partial charge on any atom is -0.351 e. The molecule has 1 amide bonds. The van der Waals surface area contributed by atoms with Crippen molar-refractivity contribution in [1.82, 2.24) is 9.62 Å². The smallest absolute Gasteiger partial charge is 0.235 e. The Labute approximate surface area is 141 Å². The van der Waals surface area contributed by atoms with Crippen molar-refractivity contribution in [2.45, 2.75) is 13.1 Å². The summed E-state index contributed by atoms with van der Waals surface area (Å²) in [5, 5.41) is 2.64. The molecule has 0 heterocycles. The maximum Gasteiger partial charge on any atom is 0.235 e. The number of hydrogen-bond acceptors (Lipinski definition) is 3. The highest BCUT2D eigenvalue weighted by atomic mass is 32.2. The molecule has 0 fully saturated rings. The van der Waals surface area contributed by atoms with Gasteiger partial charge in [0, 0.05) is 13.1 Å². The number of halogens is 1. The van der Waals surface area contributed by atoms with Gasteiger partial charge in [-0.3, -0.25) is 4.79 Å². The third-order valence-electron chi connectivity index (χ3n) is 3.39. The monoisotopic (exact) mass is 350 g/mol. The van der Waals surface area contributed by atoms with Crippen molar-refractivity contribution in [3.05, 3.63) is 71.5 Å². The van der Waals surface area contributed by atoms with Crippen LogP contribution >= 0.6 is 0 Å². The Balaban J connectivity index is 1.96. The van der Waals surface area contributed by atoms with E-state index in [0.717, 1.165) is 21.7 Å². The molecule has 0 aliphatic carbocycles. The van der Waals surface area contributed by atoms with Crippen molar-refractivity contribution in [3.63, 3.8) is 0 Å². The molecule has 0 radical (unpaired) electrons. The summed E-state index contributed by atoms with van der Waals surface area (Å²) in [5.41, 5.74) is 1.54. The Morgan fingerprint density at radius 1 is 1.04 bits per heavy atom. The van der Waals surface area contributed by atoms with Gasteiger partial charge in [-0.2, -0.15) is 4.31 Å². The van der Waals surface area contributed by atoms with Crippen LogP contribution in [0.15, 0.2) is 54.6 Å². The van der Waals surface area contributed by atoms with Gasteiger partial charge in [0.25, 0.3) is 0 Å². The molecular formula is C17H19FN2O3S. The van der Waals surface area contributed by atoms with Gasteiger partial charge in [0.2, 0.25) is 15.9 Å². The Morgan fingerprint density at radius 3 is 2.25 bits per heavy atom. The standard InChI is InChI=1S/C17H19FN2O3S/c1-24(22,23)20(12-15-5-3-2-4-6-15)13-17(21)19-11-14-7-9-16(18)10-8-14/h2-10H,11-13H2,1H3,(H,19,21). The van der Waals surface area contributed by atoms with Crippen molar-refractivity contribution >= 4 is 15.9 Å². The molecule has 2 aromatic carbocycles. The SMILES string of the molecule is CS(=O)(=O)N(CC(=O)NCc1ccc(F)cc1)Cc1ccccc1. The van der Waals surface area contributed by atoms with E-state index < -0.39 is 15.9 Å². The van der Waals surface area contributed by atoms with E-state index in [0.29, 0.717) is 0 Å². The van der Waals surface area contributed by atoms with E-state index >= 15 is 0 Å². The molecule has 0 aliphatic heterocycles. The maximum absolute atomic E-state index is 12.8. The molecule has 0 atom stereocenters. The largest absolute Gasteiger partial charge is 0.351 e. The van der Waals surface area contributed by atoms with Crippen LogP contribution in [0.3, 0.4) is 0 Å². The molecule has 128 valence electrons. The number of sulfonamides is 1. The zero-order chi connectivity index (χ0) is 17.6. The fourth-order valence-electron chi connectivity index (χ4n) is 2.10. The molecule has 24 heavy (non-hydrogen) atoms. The summed E-state index contributed by atoms with van der Waals surface area (Å²) >= 11 is 0. The molecule has 2 rings (SSSR count). The number of amides is 1. The quantitative estimate of drug-likeness (QED) is 0.829. The van der Waals surface area contributed by atoms with Crippen LogP contribution in [0.1, 0.15) is 11.1 Å². The molecule has 0 spiro atoms. The van der Waals surface area contributed by atoms with Crippen LogP contribution < -0.4 is 5.32 Å². The van der Waals surface area contributed by atoms with Crippen LogP contribution in [-0.4, -0.2) is 31.4 Å². The number of nitrogens with one attached hydrogen (secondary N) is 1. The van der Waals surface area contributed by atoms with Crippen molar-refractivity contribution in [2.24, 2.45) is 0 Å². The lowest BCUT2D eigenvalue weighted by atomic mass is 10.2. The van der Waals surface area contributed by atoms with Crippen LogP contribution in [0.4, 0.5) is 4.39 Å². The van der Waals surface area contributed by atoms with E-state index in [4.69, 9.17) is 0 Å². The zero-order valence-electron chi connectivity index (χ0n) is 13.3. The van der Waals surface area contributed by atoms with Crippen LogP contribution in [0.2, 0.25) is 0 Å². The van der Waals surface area contributed by atoms with E-state index in [1.807, 2.05) is 18.2 Å². The van der Waals surface area contributed by atoms with Gasteiger partial charge in [-0.1, -0.05) is 42.5 Å². The fourth-order valence-corrected chi connectivity index (χ4v) is 2.83. The third-order valence-corrected chi connectivity index (χ3v) is 4.59. The number of rotatable bonds is 7. The molecule has 0 saturated heterocycles. The molecule has 0 saturated carbocycles. The van der Waals surface area contributed by atoms with Gasteiger partial charge in [0.1, 0.15) is 5.82 Å². The summed E-state index contributed by atoms with van der Waals surface area (Å²) in [5.74, 6) is -0.767. The topological polar surface area (TPSA) is 66.5 Å². The lowest BCUT2D eigenvalue weighted by Crippen LogP contribution is -2.39. The fraction of sp³-hybridized carbons (Fsp3) is 0.235. The molecule has 5 nitrogen and oxygen atoms in total. The average molecular weight is 350 g/mol. The van der Waals surface area contributed by atoms with Gasteiger partial charge in [0.05, 0.1) is 12.8 Å². The number of nitrogens with zero attached hydrogens (tertiary/aromatic N) is 1. The number of carbonyl (C=O) groups is 1. The highest BCUT2D eigenvalue weighted by Crippen LogP contribution is 2.08. The van der Waals surface area contributed by atoms with E-state index in [1.54, 1.807) is 24.3 Å². The third kappa shape index (κ3) is 5.75. The number of benzene rings is 2. The Morgan fingerprint density at radius 2 is 1.67 bits per heavy atom. The van der Waals surface area contributed by atoms with Crippen molar-refractivity contribution in [2.75, 3.05) is 12.8 Å². The van der Waals surface area contributed by atoms with Gasteiger partial charge in [-0.05, 0) is 23.3 Å². The van der Waals surface area contributed by atoms with Gasteiger partial charge in [-0.15, -0.1) is 0 Å². The van der Waals surface area contributed by atoms with Crippen LogP contribution in [0.25, 0.3) is 0 Å². The molecule has 0 unspecified atom stereocenters. The second kappa shape index (κ2) is 8.03. The first-order chi connectivity index (χ1) is 11.3. The lowest BCUT2D eigenvalue weighted by molar-refractivity contribution is -0.121. The highest BCUT2D eigenvalue weighted by molar-refractivity contribution is 7.88. The van der Waals surface area contributed by atoms with Gasteiger partial charge >= 0.3 is 0 Å². The summed E-state index contributed by atoms with van der Waals surface area (Å²) in [4.78, 5) is 12.0. The summed E-state index contributed by atoms with van der Waals surface area (Å²) < 4.78 is 37.7. The molecule has 7 heteroatoms. The predicted octanol–water partition coefficient (Wildman–Crippen LogP) is 1.90. The van der Waals surface area contributed by atoms with Crippen LogP contribution in [0.5, 0.6) is 0 Å². The van der Waals surface area contributed by atoms with E-state index in [9.17, 15) is 17.6 Å². The first kappa shape index (κ1) is 18.1. The zero-order valence-corrected chi connectivity index (χ0v) is 14.1. The molecule has 0 aliphatic rings.